The lowest BCUT2D eigenvalue weighted by Crippen LogP contribution is -2.29. The lowest BCUT2D eigenvalue weighted by molar-refractivity contribution is 0.0455. The Kier molecular flexibility index (Phi) is 3.18. The van der Waals surface area contributed by atoms with Crippen LogP contribution in [0, 0.1) is 0 Å². The molecule has 16 heavy (non-hydrogen) atoms. The van der Waals surface area contributed by atoms with Gasteiger partial charge in [0.2, 0.25) is 0 Å². The Balaban J connectivity index is 1.64. The fourth-order valence-electron chi connectivity index (χ4n) is 2.23. The van der Waals surface area contributed by atoms with Crippen LogP contribution in [-0.2, 0) is 4.74 Å². The van der Waals surface area contributed by atoms with Crippen molar-refractivity contribution in [2.75, 3.05) is 26.3 Å². The summed E-state index contributed by atoms with van der Waals surface area (Å²) in [7, 11) is 0. The van der Waals surface area contributed by atoms with E-state index in [0.29, 0.717) is 5.25 Å². The molecule has 3 rings (SSSR count). The van der Waals surface area contributed by atoms with Gasteiger partial charge in [0.15, 0.2) is 0 Å². The molecule has 86 valence electrons. The Morgan fingerprint density at radius 2 is 2.00 bits per heavy atom. The molecule has 0 spiro atoms. The zero-order valence-corrected chi connectivity index (χ0v) is 10.1. The van der Waals surface area contributed by atoms with Gasteiger partial charge in [-0.3, -0.25) is 0 Å². The smallest absolute Gasteiger partial charge is 0.0611 e. The fourth-order valence-corrected chi connectivity index (χ4v) is 3.24. The summed E-state index contributed by atoms with van der Waals surface area (Å²) >= 11 is 1.94. The molecule has 0 aliphatic carbocycles. The zero-order valence-electron chi connectivity index (χ0n) is 9.32. The molecule has 2 aliphatic heterocycles. The highest BCUT2D eigenvalue weighted by molar-refractivity contribution is 8.00. The topological polar surface area (TPSA) is 21.3 Å². The van der Waals surface area contributed by atoms with Crippen molar-refractivity contribution in [3.8, 4) is 0 Å². The van der Waals surface area contributed by atoms with Gasteiger partial charge < -0.3 is 10.1 Å². The highest BCUT2D eigenvalue weighted by atomic mass is 32.2. The summed E-state index contributed by atoms with van der Waals surface area (Å²) in [5.74, 6) is 0.728. The van der Waals surface area contributed by atoms with Crippen LogP contribution < -0.4 is 5.32 Å². The summed E-state index contributed by atoms with van der Waals surface area (Å²) in [5.41, 5.74) is 1.49. The van der Waals surface area contributed by atoms with Gasteiger partial charge in [-0.05, 0) is 36.6 Å². The summed E-state index contributed by atoms with van der Waals surface area (Å²) in [6.07, 6.45) is 1.28. The number of nitrogens with one attached hydrogen (secondary N) is 1. The predicted molar refractivity (Wildman–Crippen MR) is 67.1 cm³/mol. The first-order valence-electron chi connectivity index (χ1n) is 5.97. The molecule has 0 bridgehead atoms. The van der Waals surface area contributed by atoms with Crippen LogP contribution in [0.15, 0.2) is 29.2 Å². The van der Waals surface area contributed by atoms with Crippen LogP contribution in [0.5, 0.6) is 0 Å². The van der Waals surface area contributed by atoms with E-state index >= 15 is 0 Å². The van der Waals surface area contributed by atoms with E-state index in [1.807, 2.05) is 11.8 Å². The van der Waals surface area contributed by atoms with Crippen molar-refractivity contribution in [2.45, 2.75) is 22.5 Å². The second kappa shape index (κ2) is 4.78. The second-order valence-electron chi connectivity index (χ2n) is 4.54. The van der Waals surface area contributed by atoms with Gasteiger partial charge in [0.1, 0.15) is 0 Å². The number of hydrogen-bond donors (Lipinski definition) is 1. The van der Waals surface area contributed by atoms with Crippen molar-refractivity contribution in [3.05, 3.63) is 29.8 Å². The van der Waals surface area contributed by atoms with Crippen LogP contribution in [0.2, 0.25) is 0 Å². The van der Waals surface area contributed by atoms with Gasteiger partial charge in [0.25, 0.3) is 0 Å². The summed E-state index contributed by atoms with van der Waals surface area (Å²) < 4.78 is 5.18. The molecular formula is C13H17NOS. The number of hydrogen-bond acceptors (Lipinski definition) is 3. The summed E-state index contributed by atoms with van der Waals surface area (Å²) in [6, 6.07) is 9.10. The molecule has 2 fully saturated rings. The number of ether oxygens (including phenoxy) is 1. The fraction of sp³-hybridized carbons (Fsp3) is 0.538. The van der Waals surface area contributed by atoms with Crippen LogP contribution in [0.4, 0.5) is 0 Å². The van der Waals surface area contributed by atoms with Gasteiger partial charge in [-0.25, -0.2) is 0 Å². The van der Waals surface area contributed by atoms with Gasteiger partial charge in [-0.1, -0.05) is 12.1 Å². The molecule has 2 nitrogen and oxygen atoms in total. The lowest BCUT2D eigenvalue weighted by Gasteiger charge is -2.25. The molecule has 1 atom stereocenters. The number of thioether (sulfide) groups is 1. The van der Waals surface area contributed by atoms with Crippen LogP contribution in [0.25, 0.3) is 0 Å². The van der Waals surface area contributed by atoms with E-state index in [-0.39, 0.29) is 0 Å². The SMILES string of the molecule is c1cc(C2CCNC2)ccc1SC1COC1. The third-order valence-electron chi connectivity index (χ3n) is 3.32. The Morgan fingerprint density at radius 3 is 2.56 bits per heavy atom. The molecule has 1 aromatic carbocycles. The molecule has 1 unspecified atom stereocenters. The predicted octanol–water partition coefficient (Wildman–Crippen LogP) is 2.25. The molecule has 0 amide bonds. The third-order valence-corrected chi connectivity index (χ3v) is 4.47. The van der Waals surface area contributed by atoms with Gasteiger partial charge in [0.05, 0.1) is 18.5 Å². The van der Waals surface area contributed by atoms with Gasteiger partial charge in [0, 0.05) is 11.4 Å². The van der Waals surface area contributed by atoms with Crippen molar-refractivity contribution in [2.24, 2.45) is 0 Å². The Morgan fingerprint density at radius 1 is 1.19 bits per heavy atom. The minimum Gasteiger partial charge on any atom is -0.379 e. The van der Waals surface area contributed by atoms with Crippen LogP contribution >= 0.6 is 11.8 Å². The van der Waals surface area contributed by atoms with Crippen molar-refractivity contribution >= 4 is 11.8 Å². The molecular weight excluding hydrogens is 218 g/mol. The van der Waals surface area contributed by atoms with E-state index in [1.54, 1.807) is 0 Å². The van der Waals surface area contributed by atoms with E-state index in [2.05, 4.69) is 29.6 Å². The highest BCUT2D eigenvalue weighted by Gasteiger charge is 2.20. The first-order valence-corrected chi connectivity index (χ1v) is 6.85. The molecule has 2 saturated heterocycles. The quantitative estimate of drug-likeness (QED) is 0.868. The first kappa shape index (κ1) is 10.6. The van der Waals surface area contributed by atoms with Gasteiger partial charge in [-0.15, -0.1) is 11.8 Å². The van der Waals surface area contributed by atoms with Crippen molar-refractivity contribution in [1.29, 1.82) is 0 Å². The van der Waals surface area contributed by atoms with E-state index < -0.39 is 0 Å². The van der Waals surface area contributed by atoms with Crippen LogP contribution in [-0.4, -0.2) is 31.6 Å². The standard InChI is InChI=1S/C13H17NOS/c1-3-12(16-13-8-15-9-13)4-2-10(1)11-5-6-14-7-11/h1-4,11,13-14H,5-9H2. The van der Waals surface area contributed by atoms with Crippen LogP contribution in [0.1, 0.15) is 17.9 Å². The Labute approximate surface area is 101 Å². The van der Waals surface area contributed by atoms with E-state index in [9.17, 15) is 0 Å². The summed E-state index contributed by atoms with van der Waals surface area (Å²) in [4.78, 5) is 1.38. The molecule has 0 saturated carbocycles. The highest BCUT2D eigenvalue weighted by Crippen LogP contribution is 2.30. The molecule has 2 heterocycles. The Hall–Kier alpha value is -0.510. The summed E-state index contributed by atoms with van der Waals surface area (Å²) in [6.45, 7) is 4.14. The molecule has 2 aliphatic rings. The maximum absolute atomic E-state index is 5.18. The molecule has 0 aromatic heterocycles. The minimum absolute atomic E-state index is 0.680. The van der Waals surface area contributed by atoms with Crippen LogP contribution in [0.3, 0.4) is 0 Å². The lowest BCUT2D eigenvalue weighted by atomic mass is 9.99. The Bertz CT molecular complexity index is 341. The largest absolute Gasteiger partial charge is 0.379 e. The molecule has 3 heteroatoms. The second-order valence-corrected chi connectivity index (χ2v) is 5.91. The van der Waals surface area contributed by atoms with E-state index in [4.69, 9.17) is 4.74 Å². The van der Waals surface area contributed by atoms with E-state index in [1.165, 1.54) is 23.4 Å². The first-order chi connectivity index (χ1) is 7.92. The average molecular weight is 235 g/mol. The van der Waals surface area contributed by atoms with Crippen molar-refractivity contribution in [3.63, 3.8) is 0 Å². The number of benzene rings is 1. The molecule has 1 aromatic rings. The molecule has 1 N–H and O–H groups in total. The third kappa shape index (κ3) is 2.26. The maximum Gasteiger partial charge on any atom is 0.0611 e. The zero-order chi connectivity index (χ0) is 10.8. The number of rotatable bonds is 3. The van der Waals surface area contributed by atoms with Gasteiger partial charge >= 0.3 is 0 Å². The minimum atomic E-state index is 0.680. The maximum atomic E-state index is 5.18. The van der Waals surface area contributed by atoms with Crippen molar-refractivity contribution in [1.82, 2.24) is 5.32 Å². The summed E-state index contributed by atoms with van der Waals surface area (Å²) in [5, 5.41) is 4.09. The average Bonchev–Trinajstić information content (AvgIpc) is 2.78. The van der Waals surface area contributed by atoms with Gasteiger partial charge in [-0.2, -0.15) is 0 Å². The van der Waals surface area contributed by atoms with E-state index in [0.717, 1.165) is 25.7 Å². The monoisotopic (exact) mass is 235 g/mol. The molecule has 0 radical (unpaired) electrons. The normalized spacial score (nSPS) is 25.6. The van der Waals surface area contributed by atoms with Crippen molar-refractivity contribution < 1.29 is 4.74 Å².